The van der Waals surface area contributed by atoms with E-state index in [1.807, 2.05) is 36.4 Å². The Hall–Kier alpha value is -3.35. The second-order valence-corrected chi connectivity index (χ2v) is 8.35. The molecule has 2 aromatic carbocycles. The minimum atomic E-state index is -0.892. The zero-order valence-electron chi connectivity index (χ0n) is 17.4. The lowest BCUT2D eigenvalue weighted by Gasteiger charge is -2.37. The number of benzene rings is 2. The smallest absolute Gasteiger partial charge is 0.407 e. The second kappa shape index (κ2) is 8.41. The summed E-state index contributed by atoms with van der Waals surface area (Å²) in [5.41, 5.74) is 3.63. The van der Waals surface area contributed by atoms with Gasteiger partial charge in [-0.1, -0.05) is 55.0 Å². The van der Waals surface area contributed by atoms with Crippen molar-refractivity contribution in [2.24, 2.45) is 5.41 Å². The molecule has 4 rings (SSSR count). The topological polar surface area (TPSA) is 105 Å². The number of amides is 2. The van der Waals surface area contributed by atoms with Gasteiger partial charge in [-0.15, -0.1) is 0 Å². The van der Waals surface area contributed by atoms with Gasteiger partial charge in [0.1, 0.15) is 12.6 Å². The Morgan fingerprint density at radius 3 is 2.16 bits per heavy atom. The van der Waals surface area contributed by atoms with Crippen LogP contribution in [-0.2, 0) is 14.3 Å². The first-order valence-electron chi connectivity index (χ1n) is 10.5. The quantitative estimate of drug-likeness (QED) is 0.635. The van der Waals surface area contributed by atoms with E-state index < -0.39 is 29.4 Å². The van der Waals surface area contributed by atoms with Crippen LogP contribution in [0.25, 0.3) is 11.1 Å². The molecule has 0 aromatic heterocycles. The molecule has 3 N–H and O–H groups in total. The predicted octanol–water partition coefficient (Wildman–Crippen LogP) is 3.28. The standard InChI is InChI=1S/C24H26N2O5/c1-15(21(27)25-14-24(22(28)29)11-6-12-24)26-23(30)31-13-20-18-9-4-2-7-16(18)17-8-3-5-10-19(17)20/h2-5,7-10,15,20H,6,11-14H2,1H3,(H,25,27)(H,26,30)(H,28,29)/t15-/m0/s1. The molecule has 2 aliphatic carbocycles. The van der Waals surface area contributed by atoms with Crippen molar-refractivity contribution in [1.82, 2.24) is 10.6 Å². The molecule has 0 unspecified atom stereocenters. The van der Waals surface area contributed by atoms with Crippen LogP contribution in [0.15, 0.2) is 48.5 Å². The van der Waals surface area contributed by atoms with Gasteiger partial charge in [0.15, 0.2) is 0 Å². The molecule has 1 fully saturated rings. The van der Waals surface area contributed by atoms with Crippen LogP contribution in [0.4, 0.5) is 4.79 Å². The lowest BCUT2D eigenvalue weighted by Crippen LogP contribution is -2.52. The normalized spacial score (nSPS) is 16.9. The van der Waals surface area contributed by atoms with E-state index in [4.69, 9.17) is 4.74 Å². The Morgan fingerprint density at radius 1 is 1.06 bits per heavy atom. The van der Waals surface area contributed by atoms with Gasteiger partial charge >= 0.3 is 12.1 Å². The summed E-state index contributed by atoms with van der Waals surface area (Å²) in [4.78, 5) is 36.0. The lowest BCUT2D eigenvalue weighted by atomic mass is 9.69. The maximum atomic E-state index is 12.3. The van der Waals surface area contributed by atoms with E-state index in [0.29, 0.717) is 12.8 Å². The number of hydrogen-bond donors (Lipinski definition) is 3. The maximum absolute atomic E-state index is 12.3. The molecule has 0 bridgehead atoms. The third-order valence-electron chi connectivity index (χ3n) is 6.44. The van der Waals surface area contributed by atoms with Gasteiger partial charge in [0.25, 0.3) is 0 Å². The summed E-state index contributed by atoms with van der Waals surface area (Å²) in [5.74, 6) is -1.38. The highest BCUT2D eigenvalue weighted by Crippen LogP contribution is 2.44. The third kappa shape index (κ3) is 4.00. The van der Waals surface area contributed by atoms with Crippen LogP contribution < -0.4 is 10.6 Å². The van der Waals surface area contributed by atoms with Gasteiger partial charge in [-0.3, -0.25) is 9.59 Å². The summed E-state index contributed by atoms with van der Waals surface area (Å²) in [6.45, 7) is 1.78. The van der Waals surface area contributed by atoms with Gasteiger partial charge in [0, 0.05) is 12.5 Å². The molecule has 31 heavy (non-hydrogen) atoms. The number of carbonyl (C=O) groups is 3. The molecule has 0 aliphatic heterocycles. The van der Waals surface area contributed by atoms with Gasteiger partial charge in [-0.25, -0.2) is 4.79 Å². The van der Waals surface area contributed by atoms with E-state index in [2.05, 4.69) is 22.8 Å². The molecule has 0 saturated heterocycles. The van der Waals surface area contributed by atoms with E-state index in [-0.39, 0.29) is 19.1 Å². The molecule has 2 aromatic rings. The van der Waals surface area contributed by atoms with E-state index in [9.17, 15) is 19.5 Å². The van der Waals surface area contributed by atoms with Gasteiger partial charge in [-0.05, 0) is 42.0 Å². The number of alkyl carbamates (subject to hydrolysis) is 1. The van der Waals surface area contributed by atoms with Crippen LogP contribution >= 0.6 is 0 Å². The highest BCUT2D eigenvalue weighted by atomic mass is 16.5. The van der Waals surface area contributed by atoms with Crippen molar-refractivity contribution in [3.8, 4) is 11.1 Å². The minimum absolute atomic E-state index is 0.0590. The van der Waals surface area contributed by atoms with Crippen molar-refractivity contribution in [2.75, 3.05) is 13.2 Å². The fourth-order valence-electron chi connectivity index (χ4n) is 4.36. The average Bonchev–Trinajstić information content (AvgIpc) is 3.05. The monoisotopic (exact) mass is 422 g/mol. The largest absolute Gasteiger partial charge is 0.481 e. The Bertz CT molecular complexity index is 969. The number of fused-ring (bicyclic) bond motifs is 3. The predicted molar refractivity (Wildman–Crippen MR) is 115 cm³/mol. The molecule has 7 heteroatoms. The van der Waals surface area contributed by atoms with E-state index in [0.717, 1.165) is 28.7 Å². The number of carbonyl (C=O) groups excluding carboxylic acids is 2. The molecule has 2 aliphatic rings. The molecule has 0 radical (unpaired) electrons. The molecular weight excluding hydrogens is 396 g/mol. The number of hydrogen-bond acceptors (Lipinski definition) is 4. The summed E-state index contributed by atoms with van der Waals surface area (Å²) in [5, 5.41) is 14.5. The van der Waals surface area contributed by atoms with Crippen LogP contribution in [0.1, 0.15) is 43.2 Å². The summed E-state index contributed by atoms with van der Waals surface area (Å²) in [6.07, 6.45) is 1.27. The van der Waals surface area contributed by atoms with Gasteiger partial charge < -0.3 is 20.5 Å². The maximum Gasteiger partial charge on any atom is 0.407 e. The Balaban J connectivity index is 1.31. The molecule has 1 atom stereocenters. The molecule has 0 heterocycles. The number of nitrogens with one attached hydrogen (secondary N) is 2. The van der Waals surface area contributed by atoms with Gasteiger partial charge in [0.2, 0.25) is 5.91 Å². The third-order valence-corrected chi connectivity index (χ3v) is 6.44. The molecule has 1 saturated carbocycles. The van der Waals surface area contributed by atoms with Crippen molar-refractivity contribution in [3.05, 3.63) is 59.7 Å². The fourth-order valence-corrected chi connectivity index (χ4v) is 4.36. The summed E-state index contributed by atoms with van der Waals surface area (Å²) < 4.78 is 5.45. The fraction of sp³-hybridized carbons (Fsp3) is 0.375. The lowest BCUT2D eigenvalue weighted by molar-refractivity contribution is -0.154. The van der Waals surface area contributed by atoms with Gasteiger partial charge in [-0.2, -0.15) is 0 Å². The van der Waals surface area contributed by atoms with Crippen LogP contribution in [0, 0.1) is 5.41 Å². The van der Waals surface area contributed by atoms with E-state index in [1.54, 1.807) is 6.92 Å². The minimum Gasteiger partial charge on any atom is -0.481 e. The summed E-state index contributed by atoms with van der Waals surface area (Å²) in [6, 6.07) is 15.3. The second-order valence-electron chi connectivity index (χ2n) is 8.35. The number of rotatable bonds is 7. The van der Waals surface area contributed by atoms with Crippen LogP contribution in [-0.4, -0.2) is 42.3 Å². The van der Waals surface area contributed by atoms with Gasteiger partial charge in [0.05, 0.1) is 5.41 Å². The molecule has 7 nitrogen and oxygen atoms in total. The molecule has 2 amide bonds. The number of ether oxygens (including phenoxy) is 1. The highest BCUT2D eigenvalue weighted by Gasteiger charge is 2.44. The van der Waals surface area contributed by atoms with Crippen LogP contribution in [0.3, 0.4) is 0 Å². The number of aliphatic carboxylic acids is 1. The summed E-state index contributed by atoms with van der Waals surface area (Å²) >= 11 is 0. The first-order chi connectivity index (χ1) is 14.9. The number of carboxylic acid groups (broad SMARTS) is 1. The van der Waals surface area contributed by atoms with Crippen molar-refractivity contribution >= 4 is 18.0 Å². The van der Waals surface area contributed by atoms with Crippen molar-refractivity contribution in [1.29, 1.82) is 0 Å². The highest BCUT2D eigenvalue weighted by molar-refractivity contribution is 5.86. The van der Waals surface area contributed by atoms with Crippen LogP contribution in [0.2, 0.25) is 0 Å². The zero-order chi connectivity index (χ0) is 22.0. The SMILES string of the molecule is C[C@H](NC(=O)OCC1c2ccccc2-c2ccccc21)C(=O)NCC1(C(=O)O)CCC1. The summed E-state index contributed by atoms with van der Waals surface area (Å²) in [7, 11) is 0. The first-order valence-corrected chi connectivity index (χ1v) is 10.5. The Kier molecular flexibility index (Phi) is 5.67. The first kappa shape index (κ1) is 20.9. The Morgan fingerprint density at radius 2 is 1.65 bits per heavy atom. The van der Waals surface area contributed by atoms with Crippen molar-refractivity contribution in [3.63, 3.8) is 0 Å². The van der Waals surface area contributed by atoms with E-state index >= 15 is 0 Å². The zero-order valence-corrected chi connectivity index (χ0v) is 17.4. The van der Waals surface area contributed by atoms with E-state index in [1.165, 1.54) is 0 Å². The van der Waals surface area contributed by atoms with Crippen LogP contribution in [0.5, 0.6) is 0 Å². The van der Waals surface area contributed by atoms with Crippen molar-refractivity contribution in [2.45, 2.75) is 38.1 Å². The molecular formula is C24H26N2O5. The molecule has 0 spiro atoms. The van der Waals surface area contributed by atoms with Crippen molar-refractivity contribution < 1.29 is 24.2 Å². The molecule has 162 valence electrons. The number of carboxylic acids is 1. The average molecular weight is 422 g/mol. The Labute approximate surface area is 180 Å².